The van der Waals surface area contributed by atoms with E-state index >= 15 is 0 Å². The summed E-state index contributed by atoms with van der Waals surface area (Å²) in [6.45, 7) is 10.0. The molecule has 3 nitrogen and oxygen atoms in total. The van der Waals surface area contributed by atoms with Crippen LogP contribution in [0.1, 0.15) is 29.2 Å². The van der Waals surface area contributed by atoms with Gasteiger partial charge in [0.2, 0.25) is 0 Å². The number of aliphatic imine (C=N–C) groups is 2. The third-order valence-corrected chi connectivity index (χ3v) is 4.23. The number of nitrogens with zero attached hydrogens (tertiary/aromatic N) is 2. The molecule has 0 aromatic heterocycles. The van der Waals surface area contributed by atoms with Gasteiger partial charge in [-0.15, -0.1) is 0 Å². The Balaban J connectivity index is 1.94. The molecule has 0 fully saturated rings. The van der Waals surface area contributed by atoms with Crippen LogP contribution in [0.2, 0.25) is 0 Å². The normalized spacial score (nSPS) is 12.0. The van der Waals surface area contributed by atoms with E-state index in [0.29, 0.717) is 17.4 Å². The maximum Gasteiger partial charge on any atom is 0.193 e. The van der Waals surface area contributed by atoms with Gasteiger partial charge in [0.05, 0.1) is 5.70 Å². The molecule has 3 heteroatoms. The topological polar surface area (TPSA) is 34.0 Å². The van der Waals surface area contributed by atoms with Gasteiger partial charge in [-0.05, 0) is 31.0 Å². The molecule has 0 heterocycles. The van der Waals surface area contributed by atoms with Gasteiger partial charge in [0, 0.05) is 12.5 Å². The molecule has 0 radical (unpaired) electrons. The third-order valence-electron chi connectivity index (χ3n) is 4.23. The van der Waals surface area contributed by atoms with Crippen LogP contribution >= 0.6 is 0 Å². The first-order chi connectivity index (χ1) is 13.5. The molecule has 0 aliphatic heterocycles. The Morgan fingerprint density at radius 1 is 0.786 bits per heavy atom. The second-order valence-electron chi connectivity index (χ2n) is 6.62. The minimum atomic E-state index is 0.524. The summed E-state index contributed by atoms with van der Waals surface area (Å²) in [6.07, 6.45) is 0. The van der Waals surface area contributed by atoms with Crippen LogP contribution in [-0.4, -0.2) is 11.7 Å². The zero-order valence-corrected chi connectivity index (χ0v) is 16.5. The molecule has 28 heavy (non-hydrogen) atoms. The summed E-state index contributed by atoms with van der Waals surface area (Å²) in [7, 11) is 0. The fourth-order valence-corrected chi connectivity index (χ4v) is 2.81. The molecular formula is C25H24N2O. The quantitative estimate of drug-likeness (QED) is 0.398. The minimum absolute atomic E-state index is 0.524. The molecule has 3 rings (SSSR count). The highest BCUT2D eigenvalue weighted by atomic mass is 16.5. The van der Waals surface area contributed by atoms with Crippen molar-refractivity contribution >= 4 is 17.4 Å². The van der Waals surface area contributed by atoms with Crippen molar-refractivity contribution in [3.8, 4) is 5.75 Å². The zero-order valence-electron chi connectivity index (χ0n) is 16.5. The Morgan fingerprint density at radius 2 is 1.39 bits per heavy atom. The smallest absolute Gasteiger partial charge is 0.193 e. The Hall–Kier alpha value is -3.46. The van der Waals surface area contributed by atoms with E-state index in [1.807, 2.05) is 86.6 Å². The number of aryl methyl sites for hydroxylation is 2. The van der Waals surface area contributed by atoms with Crippen molar-refractivity contribution in [1.29, 1.82) is 0 Å². The molecule has 3 aromatic carbocycles. The van der Waals surface area contributed by atoms with Gasteiger partial charge in [0.1, 0.15) is 5.75 Å². The summed E-state index contributed by atoms with van der Waals surface area (Å²) in [5, 5.41) is 0. The molecule has 0 bridgehead atoms. The van der Waals surface area contributed by atoms with Crippen LogP contribution in [0.4, 0.5) is 0 Å². The molecule has 0 saturated carbocycles. The Bertz CT molecular complexity index is 1020. The van der Waals surface area contributed by atoms with E-state index in [4.69, 9.17) is 4.74 Å². The Labute approximate surface area is 166 Å². The molecule has 0 spiro atoms. The number of hydrogen-bond acceptors (Lipinski definition) is 2. The van der Waals surface area contributed by atoms with Crippen molar-refractivity contribution in [2.45, 2.75) is 20.8 Å². The average molecular weight is 368 g/mol. The number of benzene rings is 3. The van der Waals surface area contributed by atoms with E-state index in [0.717, 1.165) is 22.4 Å². The summed E-state index contributed by atoms with van der Waals surface area (Å²) >= 11 is 0. The van der Waals surface area contributed by atoms with Crippen LogP contribution in [0.15, 0.2) is 95.4 Å². The van der Waals surface area contributed by atoms with Crippen molar-refractivity contribution in [3.05, 3.63) is 108 Å². The first kappa shape index (κ1) is 19.3. The number of hydrogen-bond donors (Lipinski definition) is 0. The van der Waals surface area contributed by atoms with E-state index in [-0.39, 0.29) is 0 Å². The number of rotatable bonds is 4. The standard InChI is InChI=1S/C25H24N2O/c1-18-15-16-24(19(2)17-18)28-21(4)27-25(23-13-9-6-10-14-23)26-20(3)22-11-7-5-8-12-22/h5-17H,3H2,1-2,4H3. The second kappa shape index (κ2) is 8.96. The molecule has 0 atom stereocenters. The number of ether oxygens (including phenoxy) is 1. The first-order valence-electron chi connectivity index (χ1n) is 9.22. The molecule has 0 aliphatic carbocycles. The van der Waals surface area contributed by atoms with Crippen molar-refractivity contribution in [1.82, 2.24) is 0 Å². The second-order valence-corrected chi connectivity index (χ2v) is 6.62. The summed E-state index contributed by atoms with van der Waals surface area (Å²) in [4.78, 5) is 9.34. The van der Waals surface area contributed by atoms with Crippen LogP contribution in [0, 0.1) is 13.8 Å². The van der Waals surface area contributed by atoms with Crippen LogP contribution in [-0.2, 0) is 0 Å². The third kappa shape index (κ3) is 5.04. The first-order valence-corrected chi connectivity index (χ1v) is 9.22. The Morgan fingerprint density at radius 3 is 2.00 bits per heavy atom. The summed E-state index contributed by atoms with van der Waals surface area (Å²) in [6, 6.07) is 25.8. The summed E-state index contributed by atoms with van der Waals surface area (Å²) in [5.41, 5.74) is 4.79. The van der Waals surface area contributed by atoms with Crippen molar-refractivity contribution < 1.29 is 4.74 Å². The van der Waals surface area contributed by atoms with Crippen LogP contribution in [0.25, 0.3) is 5.70 Å². The predicted molar refractivity (Wildman–Crippen MR) is 118 cm³/mol. The lowest BCUT2D eigenvalue weighted by Crippen LogP contribution is -2.09. The number of amidine groups is 1. The van der Waals surface area contributed by atoms with Crippen LogP contribution in [0.3, 0.4) is 0 Å². The van der Waals surface area contributed by atoms with Gasteiger partial charge in [-0.2, -0.15) is 4.99 Å². The monoisotopic (exact) mass is 368 g/mol. The van der Waals surface area contributed by atoms with E-state index < -0.39 is 0 Å². The molecule has 0 saturated heterocycles. The fraction of sp³-hybridized carbons (Fsp3) is 0.120. The van der Waals surface area contributed by atoms with Gasteiger partial charge in [0.25, 0.3) is 0 Å². The average Bonchev–Trinajstić information content (AvgIpc) is 2.71. The predicted octanol–water partition coefficient (Wildman–Crippen LogP) is 6.22. The SMILES string of the molecule is C=C(N=C(N=C(C)Oc1ccc(C)cc1C)c1ccccc1)c1ccccc1. The largest absolute Gasteiger partial charge is 0.443 e. The molecule has 3 aromatic rings. The van der Waals surface area contributed by atoms with E-state index in [1.54, 1.807) is 0 Å². The van der Waals surface area contributed by atoms with E-state index in [1.165, 1.54) is 5.56 Å². The van der Waals surface area contributed by atoms with Gasteiger partial charge in [-0.25, -0.2) is 4.99 Å². The maximum absolute atomic E-state index is 5.98. The van der Waals surface area contributed by atoms with Crippen LogP contribution in [0.5, 0.6) is 5.75 Å². The minimum Gasteiger partial charge on any atom is -0.443 e. The highest BCUT2D eigenvalue weighted by Gasteiger charge is 2.07. The molecule has 140 valence electrons. The van der Waals surface area contributed by atoms with Gasteiger partial charge in [-0.3, -0.25) is 0 Å². The van der Waals surface area contributed by atoms with E-state index in [9.17, 15) is 0 Å². The van der Waals surface area contributed by atoms with Gasteiger partial charge >= 0.3 is 0 Å². The highest BCUT2D eigenvalue weighted by molar-refractivity contribution is 6.07. The lowest BCUT2D eigenvalue weighted by molar-refractivity contribution is 0.543. The van der Waals surface area contributed by atoms with Crippen molar-refractivity contribution in [3.63, 3.8) is 0 Å². The molecule has 0 aliphatic rings. The van der Waals surface area contributed by atoms with E-state index in [2.05, 4.69) is 29.6 Å². The van der Waals surface area contributed by atoms with Gasteiger partial charge in [0.15, 0.2) is 11.7 Å². The Kier molecular flexibility index (Phi) is 6.18. The summed E-state index contributed by atoms with van der Waals surface area (Å²) < 4.78 is 5.98. The lowest BCUT2D eigenvalue weighted by atomic mass is 10.1. The molecule has 0 unspecified atom stereocenters. The summed E-state index contributed by atoms with van der Waals surface area (Å²) in [5.74, 6) is 1.88. The maximum atomic E-state index is 5.98. The fourth-order valence-electron chi connectivity index (χ4n) is 2.81. The van der Waals surface area contributed by atoms with Crippen molar-refractivity contribution in [2.24, 2.45) is 9.98 Å². The van der Waals surface area contributed by atoms with Gasteiger partial charge < -0.3 is 4.74 Å². The molecular weight excluding hydrogens is 344 g/mol. The zero-order chi connectivity index (χ0) is 19.9. The van der Waals surface area contributed by atoms with Crippen LogP contribution < -0.4 is 4.74 Å². The molecule has 0 amide bonds. The lowest BCUT2D eigenvalue weighted by Gasteiger charge is -2.10. The highest BCUT2D eigenvalue weighted by Crippen LogP contribution is 2.20. The van der Waals surface area contributed by atoms with Gasteiger partial charge in [-0.1, -0.05) is 84.9 Å². The molecule has 0 N–H and O–H groups in total. The van der Waals surface area contributed by atoms with Crippen molar-refractivity contribution in [2.75, 3.05) is 0 Å².